The quantitative estimate of drug-likeness (QED) is 0.733. The van der Waals surface area contributed by atoms with Gasteiger partial charge in [-0.1, -0.05) is 0 Å². The minimum absolute atomic E-state index is 0.321. The molecule has 1 fully saturated rings. The smallest absolute Gasteiger partial charge is 0.281 e. The Balaban J connectivity index is 1.47. The number of pyridine rings is 1. The summed E-state index contributed by atoms with van der Waals surface area (Å²) in [5.74, 6) is 0.932. The Morgan fingerprint density at radius 1 is 1.14 bits per heavy atom. The van der Waals surface area contributed by atoms with Crippen molar-refractivity contribution in [1.82, 2.24) is 9.88 Å². The second kappa shape index (κ2) is 7.27. The molecule has 1 atom stereocenters. The number of piperazine rings is 1. The highest BCUT2D eigenvalue weighted by atomic mass is 16.5. The zero-order chi connectivity index (χ0) is 20.6. The first-order valence-corrected chi connectivity index (χ1v) is 9.54. The number of likely N-dealkylation sites (N-methyl/N-ethyl adjacent to an activating group) is 1. The van der Waals surface area contributed by atoms with Crippen molar-refractivity contribution >= 4 is 23.3 Å². The van der Waals surface area contributed by atoms with Gasteiger partial charge in [0.05, 0.1) is 7.11 Å². The van der Waals surface area contributed by atoms with Crippen LogP contribution < -0.4 is 19.3 Å². The van der Waals surface area contributed by atoms with Crippen molar-refractivity contribution in [3.05, 3.63) is 42.6 Å². The minimum Gasteiger partial charge on any atom is -0.497 e. The number of carbonyl (C=O) groups excluding carboxylic acids is 2. The van der Waals surface area contributed by atoms with Crippen molar-refractivity contribution in [1.29, 1.82) is 0 Å². The number of ether oxygens (including phenoxy) is 2. The molecule has 152 valence electrons. The van der Waals surface area contributed by atoms with E-state index in [0.29, 0.717) is 37.7 Å². The number of nitrogens with zero attached hydrogens (tertiary/aromatic N) is 4. The van der Waals surface area contributed by atoms with Crippen LogP contribution in [0.25, 0.3) is 0 Å². The SMILES string of the molecule is COc1ccc(N2CCN(C(=O)[C@]3(C)Oc4cccnc4N(C)C3=O)CC2)cc1. The largest absolute Gasteiger partial charge is 0.497 e. The second-order valence-corrected chi connectivity index (χ2v) is 7.30. The van der Waals surface area contributed by atoms with Crippen LogP contribution in [-0.4, -0.2) is 67.6 Å². The van der Waals surface area contributed by atoms with Crippen LogP contribution >= 0.6 is 0 Å². The van der Waals surface area contributed by atoms with Crippen LogP contribution in [0.5, 0.6) is 11.5 Å². The lowest BCUT2D eigenvalue weighted by Gasteiger charge is -2.42. The van der Waals surface area contributed by atoms with Crippen LogP contribution in [0.1, 0.15) is 6.92 Å². The van der Waals surface area contributed by atoms with Crippen molar-refractivity contribution in [3.63, 3.8) is 0 Å². The van der Waals surface area contributed by atoms with E-state index in [9.17, 15) is 9.59 Å². The molecule has 2 amide bonds. The van der Waals surface area contributed by atoms with Gasteiger partial charge in [-0.05, 0) is 43.3 Å². The molecule has 0 N–H and O–H groups in total. The fourth-order valence-corrected chi connectivity index (χ4v) is 3.79. The van der Waals surface area contributed by atoms with Gasteiger partial charge in [0.1, 0.15) is 5.75 Å². The van der Waals surface area contributed by atoms with E-state index in [-0.39, 0.29) is 5.91 Å². The van der Waals surface area contributed by atoms with Crippen molar-refractivity contribution in [3.8, 4) is 11.5 Å². The summed E-state index contributed by atoms with van der Waals surface area (Å²) < 4.78 is 11.1. The third-order valence-electron chi connectivity index (χ3n) is 5.51. The van der Waals surface area contributed by atoms with E-state index < -0.39 is 11.5 Å². The number of rotatable bonds is 3. The van der Waals surface area contributed by atoms with Gasteiger partial charge in [-0.25, -0.2) is 4.98 Å². The fourth-order valence-electron chi connectivity index (χ4n) is 3.79. The second-order valence-electron chi connectivity index (χ2n) is 7.30. The summed E-state index contributed by atoms with van der Waals surface area (Å²) in [7, 11) is 3.25. The van der Waals surface area contributed by atoms with Crippen LogP contribution in [0, 0.1) is 0 Å². The number of carbonyl (C=O) groups is 2. The van der Waals surface area contributed by atoms with Gasteiger partial charge in [0.25, 0.3) is 17.4 Å². The average Bonchev–Trinajstić information content (AvgIpc) is 2.77. The van der Waals surface area contributed by atoms with E-state index in [1.54, 1.807) is 44.3 Å². The molecule has 8 nitrogen and oxygen atoms in total. The Kier molecular flexibility index (Phi) is 4.77. The Bertz CT molecular complexity index is 925. The number of hydrogen-bond acceptors (Lipinski definition) is 6. The maximum absolute atomic E-state index is 13.3. The van der Waals surface area contributed by atoms with E-state index >= 15 is 0 Å². The molecule has 1 saturated heterocycles. The van der Waals surface area contributed by atoms with Gasteiger partial charge in [-0.3, -0.25) is 14.5 Å². The van der Waals surface area contributed by atoms with Gasteiger partial charge in [-0.2, -0.15) is 0 Å². The molecule has 0 saturated carbocycles. The predicted molar refractivity (Wildman–Crippen MR) is 108 cm³/mol. The number of fused-ring (bicyclic) bond motifs is 1. The topological polar surface area (TPSA) is 75.2 Å². The molecule has 3 heterocycles. The molecule has 2 aliphatic rings. The highest BCUT2D eigenvalue weighted by Crippen LogP contribution is 2.36. The number of methoxy groups -OCH3 is 1. The van der Waals surface area contributed by atoms with E-state index in [1.807, 2.05) is 24.3 Å². The molecule has 1 aromatic carbocycles. The fraction of sp³-hybridized carbons (Fsp3) is 0.381. The summed E-state index contributed by atoms with van der Waals surface area (Å²) in [5, 5.41) is 0. The first-order chi connectivity index (χ1) is 13.9. The van der Waals surface area contributed by atoms with Gasteiger partial charge >= 0.3 is 0 Å². The van der Waals surface area contributed by atoms with Crippen LogP contribution in [0.3, 0.4) is 0 Å². The van der Waals surface area contributed by atoms with E-state index in [0.717, 1.165) is 11.4 Å². The lowest BCUT2D eigenvalue weighted by atomic mass is 10.00. The lowest BCUT2D eigenvalue weighted by molar-refractivity contribution is -0.156. The van der Waals surface area contributed by atoms with Crippen molar-refractivity contribution in [2.45, 2.75) is 12.5 Å². The zero-order valence-electron chi connectivity index (χ0n) is 16.8. The Morgan fingerprint density at radius 3 is 2.48 bits per heavy atom. The number of hydrogen-bond donors (Lipinski definition) is 0. The molecule has 2 aromatic rings. The Morgan fingerprint density at radius 2 is 1.83 bits per heavy atom. The summed E-state index contributed by atoms with van der Waals surface area (Å²) in [6.45, 7) is 3.92. The number of aromatic nitrogens is 1. The average molecular weight is 396 g/mol. The van der Waals surface area contributed by atoms with Gasteiger partial charge in [0, 0.05) is 45.1 Å². The van der Waals surface area contributed by atoms with Crippen molar-refractivity contribution in [2.24, 2.45) is 0 Å². The molecule has 0 radical (unpaired) electrons. The molecule has 29 heavy (non-hydrogen) atoms. The summed E-state index contributed by atoms with van der Waals surface area (Å²) >= 11 is 0. The first-order valence-electron chi connectivity index (χ1n) is 9.54. The summed E-state index contributed by atoms with van der Waals surface area (Å²) in [4.78, 5) is 35.7. The molecular weight excluding hydrogens is 372 g/mol. The third-order valence-corrected chi connectivity index (χ3v) is 5.51. The van der Waals surface area contributed by atoms with Crippen LogP contribution in [0.2, 0.25) is 0 Å². The van der Waals surface area contributed by atoms with Crippen LogP contribution in [0.4, 0.5) is 11.5 Å². The van der Waals surface area contributed by atoms with Gasteiger partial charge in [0.15, 0.2) is 11.6 Å². The van der Waals surface area contributed by atoms with Gasteiger partial charge in [-0.15, -0.1) is 0 Å². The third kappa shape index (κ3) is 3.24. The molecule has 2 aliphatic heterocycles. The minimum atomic E-state index is -1.59. The molecule has 0 unspecified atom stereocenters. The predicted octanol–water partition coefficient (Wildman–Crippen LogP) is 1.55. The summed E-state index contributed by atoms with van der Waals surface area (Å²) in [6, 6.07) is 11.3. The van der Waals surface area contributed by atoms with E-state index in [1.165, 1.54) is 4.90 Å². The first kappa shape index (κ1) is 19.0. The molecule has 8 heteroatoms. The normalized spacial score (nSPS) is 21.5. The molecule has 0 spiro atoms. The monoisotopic (exact) mass is 396 g/mol. The molecule has 0 aliphatic carbocycles. The van der Waals surface area contributed by atoms with Crippen molar-refractivity contribution in [2.75, 3.05) is 50.1 Å². The maximum atomic E-state index is 13.3. The number of benzene rings is 1. The van der Waals surface area contributed by atoms with E-state index in [2.05, 4.69) is 9.88 Å². The summed E-state index contributed by atoms with van der Waals surface area (Å²) in [5.41, 5.74) is -0.513. The highest BCUT2D eigenvalue weighted by Gasteiger charge is 2.52. The number of amides is 2. The Labute approximate surface area is 169 Å². The highest BCUT2D eigenvalue weighted by molar-refractivity contribution is 6.15. The maximum Gasteiger partial charge on any atom is 0.281 e. The van der Waals surface area contributed by atoms with Crippen molar-refractivity contribution < 1.29 is 19.1 Å². The molecular formula is C21H24N4O4. The number of anilines is 2. The standard InChI is InChI=1S/C21H24N4O4/c1-21(19(26)23(2)18-17(29-21)5-4-10-22-18)20(27)25-13-11-24(12-14-25)15-6-8-16(28-3)9-7-15/h4-10H,11-14H2,1-3H3/t21-/m1/s1. The van der Waals surface area contributed by atoms with Gasteiger partial charge in [0.2, 0.25) is 0 Å². The molecule has 0 bridgehead atoms. The molecule has 1 aromatic heterocycles. The zero-order valence-corrected chi connectivity index (χ0v) is 16.8. The van der Waals surface area contributed by atoms with Crippen LogP contribution in [-0.2, 0) is 9.59 Å². The van der Waals surface area contributed by atoms with Gasteiger partial charge < -0.3 is 19.3 Å². The summed E-state index contributed by atoms with van der Waals surface area (Å²) in [6.07, 6.45) is 1.59. The molecule has 4 rings (SSSR count). The lowest BCUT2D eigenvalue weighted by Crippen LogP contribution is -2.64. The van der Waals surface area contributed by atoms with E-state index in [4.69, 9.17) is 9.47 Å². The van der Waals surface area contributed by atoms with Crippen LogP contribution in [0.15, 0.2) is 42.6 Å². The Hall–Kier alpha value is -3.29.